The molecule has 1 aromatic carbocycles. The first-order valence-corrected chi connectivity index (χ1v) is 9.68. The smallest absolute Gasteiger partial charge is 0.193 e. The van der Waals surface area contributed by atoms with E-state index < -0.39 is 0 Å². The molecule has 148 valence electrons. The van der Waals surface area contributed by atoms with Crippen molar-refractivity contribution in [3.05, 3.63) is 35.4 Å². The first-order valence-electron chi connectivity index (χ1n) is 9.68. The first-order chi connectivity index (χ1) is 12.0. The molecule has 4 nitrogen and oxygen atoms in total. The Labute approximate surface area is 176 Å². The standard InChI is InChI=1S/C21H35N3O.HI/c1-6-22-20(24-13-11-19(12-14-24)25-7-2)23-16-21(4,5)18-10-8-9-17(3)15-18;/h8-10,15,19H,6-7,11-14,16H2,1-5H3,(H,22,23);1H. The van der Waals surface area contributed by atoms with Crippen molar-refractivity contribution in [3.63, 3.8) is 0 Å². The summed E-state index contributed by atoms with van der Waals surface area (Å²) in [5.74, 6) is 1.04. The van der Waals surface area contributed by atoms with E-state index in [0.717, 1.165) is 51.6 Å². The molecule has 26 heavy (non-hydrogen) atoms. The number of aryl methyl sites for hydroxylation is 1. The molecular weight excluding hydrogens is 437 g/mol. The van der Waals surface area contributed by atoms with Gasteiger partial charge in [0.25, 0.3) is 0 Å². The summed E-state index contributed by atoms with van der Waals surface area (Å²) in [4.78, 5) is 7.36. The minimum absolute atomic E-state index is 0. The topological polar surface area (TPSA) is 36.9 Å². The minimum atomic E-state index is 0. The number of benzene rings is 1. The maximum atomic E-state index is 5.77. The molecule has 0 atom stereocenters. The number of nitrogens with one attached hydrogen (secondary N) is 1. The Bertz CT molecular complexity index is 566. The maximum absolute atomic E-state index is 5.77. The van der Waals surface area contributed by atoms with Gasteiger partial charge >= 0.3 is 0 Å². The fourth-order valence-electron chi connectivity index (χ4n) is 3.33. The fraction of sp³-hybridized carbons (Fsp3) is 0.667. The van der Waals surface area contributed by atoms with Gasteiger partial charge in [0.1, 0.15) is 0 Å². The van der Waals surface area contributed by atoms with Crippen molar-refractivity contribution in [2.45, 2.75) is 59.0 Å². The number of likely N-dealkylation sites (tertiary alicyclic amines) is 1. The number of ether oxygens (including phenoxy) is 1. The van der Waals surface area contributed by atoms with Crippen LogP contribution in [0.5, 0.6) is 0 Å². The van der Waals surface area contributed by atoms with Crippen molar-refractivity contribution in [1.29, 1.82) is 0 Å². The molecule has 0 aliphatic carbocycles. The van der Waals surface area contributed by atoms with Gasteiger partial charge in [0, 0.05) is 31.7 Å². The van der Waals surface area contributed by atoms with Gasteiger partial charge in [-0.3, -0.25) is 4.99 Å². The molecule has 1 N–H and O–H groups in total. The molecule has 2 rings (SSSR count). The number of hydrogen-bond acceptors (Lipinski definition) is 2. The van der Waals surface area contributed by atoms with Gasteiger partial charge in [-0.15, -0.1) is 24.0 Å². The van der Waals surface area contributed by atoms with E-state index in [1.54, 1.807) is 0 Å². The van der Waals surface area contributed by atoms with Gasteiger partial charge in [-0.25, -0.2) is 0 Å². The number of halogens is 1. The van der Waals surface area contributed by atoms with Crippen LogP contribution in [-0.2, 0) is 10.2 Å². The van der Waals surface area contributed by atoms with Gasteiger partial charge < -0.3 is 15.0 Å². The van der Waals surface area contributed by atoms with Crippen molar-refractivity contribution in [3.8, 4) is 0 Å². The summed E-state index contributed by atoms with van der Waals surface area (Å²) in [7, 11) is 0. The zero-order valence-corrected chi connectivity index (χ0v) is 19.4. The zero-order valence-electron chi connectivity index (χ0n) is 17.0. The van der Waals surface area contributed by atoms with Crippen molar-refractivity contribution < 1.29 is 4.74 Å². The highest BCUT2D eigenvalue weighted by Crippen LogP contribution is 2.24. The third kappa shape index (κ3) is 6.72. The molecule has 5 heteroatoms. The predicted molar refractivity (Wildman–Crippen MR) is 122 cm³/mol. The quantitative estimate of drug-likeness (QED) is 0.379. The SMILES string of the molecule is CCNC(=NCC(C)(C)c1cccc(C)c1)N1CCC(OCC)CC1.I. The second-order valence-electron chi connectivity index (χ2n) is 7.57. The molecule has 1 aliphatic heterocycles. The second-order valence-corrected chi connectivity index (χ2v) is 7.57. The summed E-state index contributed by atoms with van der Waals surface area (Å²) in [6.07, 6.45) is 2.58. The number of hydrogen-bond donors (Lipinski definition) is 1. The Morgan fingerprint density at radius 1 is 1.27 bits per heavy atom. The van der Waals surface area contributed by atoms with E-state index in [1.807, 2.05) is 0 Å². The molecule has 0 saturated carbocycles. The van der Waals surface area contributed by atoms with Crippen LogP contribution in [0, 0.1) is 6.92 Å². The lowest BCUT2D eigenvalue weighted by atomic mass is 9.84. The van der Waals surface area contributed by atoms with Crippen molar-refractivity contribution in [2.24, 2.45) is 4.99 Å². The molecule has 1 fully saturated rings. The van der Waals surface area contributed by atoms with Crippen LogP contribution in [-0.4, -0.2) is 49.7 Å². The van der Waals surface area contributed by atoms with E-state index in [2.05, 4.69) is 69.1 Å². The summed E-state index contributed by atoms with van der Waals surface area (Å²) in [5.41, 5.74) is 2.68. The van der Waals surface area contributed by atoms with Gasteiger partial charge in [-0.1, -0.05) is 43.7 Å². The molecule has 1 saturated heterocycles. The molecule has 1 aromatic rings. The number of guanidine groups is 1. The summed E-state index contributed by atoms with van der Waals surface area (Å²) in [5, 5.41) is 3.47. The normalized spacial score (nSPS) is 16.3. The molecule has 0 spiro atoms. The number of piperidine rings is 1. The third-order valence-corrected chi connectivity index (χ3v) is 4.90. The third-order valence-electron chi connectivity index (χ3n) is 4.90. The highest BCUT2D eigenvalue weighted by Gasteiger charge is 2.24. The summed E-state index contributed by atoms with van der Waals surface area (Å²) >= 11 is 0. The van der Waals surface area contributed by atoms with E-state index in [4.69, 9.17) is 9.73 Å². The Morgan fingerprint density at radius 2 is 1.96 bits per heavy atom. The first kappa shape index (κ1) is 23.2. The van der Waals surface area contributed by atoms with Gasteiger partial charge in [-0.05, 0) is 39.2 Å². The highest BCUT2D eigenvalue weighted by molar-refractivity contribution is 14.0. The predicted octanol–water partition coefficient (Wildman–Crippen LogP) is 4.36. The molecular formula is C21H36IN3O. The second kappa shape index (κ2) is 11.1. The molecule has 0 bridgehead atoms. The van der Waals surface area contributed by atoms with Crippen LogP contribution in [0.1, 0.15) is 51.7 Å². The highest BCUT2D eigenvalue weighted by atomic mass is 127. The van der Waals surface area contributed by atoms with Crippen molar-refractivity contribution in [2.75, 3.05) is 32.8 Å². The summed E-state index contributed by atoms with van der Waals surface area (Å²) in [6, 6.07) is 8.77. The number of rotatable bonds is 6. The molecule has 0 aromatic heterocycles. The van der Waals surface area contributed by atoms with Crippen LogP contribution < -0.4 is 5.32 Å². The minimum Gasteiger partial charge on any atom is -0.378 e. The molecule has 1 heterocycles. The van der Waals surface area contributed by atoms with E-state index in [9.17, 15) is 0 Å². The maximum Gasteiger partial charge on any atom is 0.193 e. The van der Waals surface area contributed by atoms with Gasteiger partial charge in [0.2, 0.25) is 0 Å². The van der Waals surface area contributed by atoms with Crippen LogP contribution in [0.15, 0.2) is 29.3 Å². The van der Waals surface area contributed by atoms with Gasteiger partial charge in [-0.2, -0.15) is 0 Å². The summed E-state index contributed by atoms with van der Waals surface area (Å²) in [6.45, 7) is 15.4. The number of aliphatic imine (C=N–C) groups is 1. The average molecular weight is 473 g/mol. The zero-order chi connectivity index (χ0) is 18.3. The lowest BCUT2D eigenvalue weighted by Gasteiger charge is -2.34. The van der Waals surface area contributed by atoms with Crippen molar-refractivity contribution >= 4 is 29.9 Å². The van der Waals surface area contributed by atoms with Crippen LogP contribution in [0.2, 0.25) is 0 Å². The van der Waals surface area contributed by atoms with Gasteiger partial charge in [0.15, 0.2) is 5.96 Å². The Hall–Kier alpha value is -0.820. The average Bonchev–Trinajstić information content (AvgIpc) is 2.60. The molecule has 0 amide bonds. The largest absolute Gasteiger partial charge is 0.378 e. The monoisotopic (exact) mass is 473 g/mol. The summed E-state index contributed by atoms with van der Waals surface area (Å²) < 4.78 is 5.77. The Morgan fingerprint density at radius 3 is 2.54 bits per heavy atom. The van der Waals surface area contributed by atoms with E-state index in [1.165, 1.54) is 11.1 Å². The van der Waals surface area contributed by atoms with Crippen molar-refractivity contribution in [1.82, 2.24) is 10.2 Å². The van der Waals surface area contributed by atoms with E-state index in [-0.39, 0.29) is 29.4 Å². The van der Waals surface area contributed by atoms with Gasteiger partial charge in [0.05, 0.1) is 12.6 Å². The Balaban J connectivity index is 0.00000338. The van der Waals surface area contributed by atoms with Crippen LogP contribution >= 0.6 is 24.0 Å². The lowest BCUT2D eigenvalue weighted by molar-refractivity contribution is 0.0263. The van der Waals surface area contributed by atoms with E-state index in [0.29, 0.717) is 6.10 Å². The van der Waals surface area contributed by atoms with Crippen LogP contribution in [0.3, 0.4) is 0 Å². The fourth-order valence-corrected chi connectivity index (χ4v) is 3.33. The van der Waals surface area contributed by atoms with Crippen LogP contribution in [0.4, 0.5) is 0 Å². The van der Waals surface area contributed by atoms with E-state index >= 15 is 0 Å². The number of nitrogens with zero attached hydrogens (tertiary/aromatic N) is 2. The lowest BCUT2D eigenvalue weighted by Crippen LogP contribution is -2.47. The molecule has 0 unspecified atom stereocenters. The van der Waals surface area contributed by atoms with Crippen LogP contribution in [0.25, 0.3) is 0 Å². The Kier molecular flexibility index (Phi) is 9.93. The molecule has 0 radical (unpaired) electrons. The molecule has 1 aliphatic rings.